The van der Waals surface area contributed by atoms with Crippen LogP contribution in [0.15, 0.2) is 84.5 Å². The van der Waals surface area contributed by atoms with Crippen LogP contribution >= 0.6 is 0 Å². The van der Waals surface area contributed by atoms with Gasteiger partial charge in [0.05, 0.1) is 30.2 Å². The van der Waals surface area contributed by atoms with Crippen molar-refractivity contribution in [2.45, 2.75) is 179 Å². The van der Waals surface area contributed by atoms with Crippen LogP contribution in [0.4, 0.5) is 4.79 Å². The second-order valence-corrected chi connectivity index (χ2v) is 27.1. The Bertz CT molecular complexity index is 2250. The van der Waals surface area contributed by atoms with E-state index in [0.717, 1.165) is 0 Å². The lowest BCUT2D eigenvalue weighted by Crippen LogP contribution is -2.79. The van der Waals surface area contributed by atoms with E-state index in [2.05, 4.69) is 11.9 Å². The first-order valence-electron chi connectivity index (χ1n) is 23.5. The zero-order valence-corrected chi connectivity index (χ0v) is 42.4. The molecule has 2 N–H and O–H groups in total. The summed E-state index contributed by atoms with van der Waals surface area (Å²) >= 11 is 0. The SMILES string of the molecule is C=C[C@@H]1O[C@@H]2C3=C(C)[C@@H](OC(=O)[C@H](O[Si](C)(C)C(C)(C)C)[C@@H](NC(=O)OC(C)(C)C)c4ccccc4)C[C@@](O)([C@@H](OC(=O)c4ccccc4)[C@H]4[C@@](C)(CC[C@H]5OC[C@]54OC(C)=O)[C@@H]2O1)C3(C)C. The van der Waals surface area contributed by atoms with Gasteiger partial charge in [-0.3, -0.25) is 4.79 Å². The summed E-state index contributed by atoms with van der Waals surface area (Å²) in [5.74, 6) is -2.99. The van der Waals surface area contributed by atoms with Gasteiger partial charge in [-0.05, 0) is 93.6 Å². The predicted octanol–water partition coefficient (Wildman–Crippen LogP) is 8.68. The number of amides is 1. The van der Waals surface area contributed by atoms with Crippen LogP contribution in [0.3, 0.4) is 0 Å². The Morgan fingerprint density at radius 1 is 0.940 bits per heavy atom. The number of rotatable bonds is 11. The van der Waals surface area contributed by atoms with Gasteiger partial charge in [0.15, 0.2) is 26.3 Å². The van der Waals surface area contributed by atoms with E-state index in [9.17, 15) is 19.5 Å². The molecule has 4 fully saturated rings. The van der Waals surface area contributed by atoms with Gasteiger partial charge < -0.3 is 48.0 Å². The minimum atomic E-state index is -2.84. The lowest BCUT2D eigenvalue weighted by Gasteiger charge is -2.68. The van der Waals surface area contributed by atoms with Crippen LogP contribution in [0.2, 0.25) is 18.1 Å². The summed E-state index contributed by atoms with van der Waals surface area (Å²) in [4.78, 5) is 57.0. The van der Waals surface area contributed by atoms with E-state index in [1.165, 1.54) is 6.92 Å². The van der Waals surface area contributed by atoms with Crippen molar-refractivity contribution in [2.24, 2.45) is 16.7 Å². The third kappa shape index (κ3) is 9.04. The number of hydrogen-bond acceptors (Lipinski definition) is 13. The molecular weight excluding hydrogens is 875 g/mol. The second-order valence-electron chi connectivity index (χ2n) is 22.4. The van der Waals surface area contributed by atoms with Gasteiger partial charge in [-0.1, -0.05) is 96.7 Å². The molecule has 2 bridgehead atoms. The minimum Gasteiger partial charge on any atom is -0.456 e. The number of hydrogen-bond donors (Lipinski definition) is 2. The van der Waals surface area contributed by atoms with Crippen LogP contribution in [-0.2, 0) is 47.2 Å². The summed E-state index contributed by atoms with van der Waals surface area (Å²) in [5, 5.41) is 16.7. The van der Waals surface area contributed by atoms with Gasteiger partial charge in [-0.15, -0.1) is 0 Å². The second kappa shape index (κ2) is 17.9. The Labute approximate surface area is 396 Å². The number of alkyl carbamates (subject to hydrolysis) is 1. The molecule has 366 valence electrons. The van der Waals surface area contributed by atoms with Crippen LogP contribution in [0.25, 0.3) is 0 Å². The summed E-state index contributed by atoms with van der Waals surface area (Å²) in [6, 6.07) is 16.5. The predicted molar refractivity (Wildman–Crippen MR) is 251 cm³/mol. The van der Waals surface area contributed by atoms with Crippen molar-refractivity contribution >= 4 is 32.3 Å². The van der Waals surface area contributed by atoms with Crippen molar-refractivity contribution in [3.8, 4) is 0 Å². The molecule has 0 aromatic heterocycles. The first-order chi connectivity index (χ1) is 31.1. The molecule has 2 heterocycles. The number of benzene rings is 2. The summed E-state index contributed by atoms with van der Waals surface area (Å²) < 4.78 is 52.4. The lowest BCUT2D eigenvalue weighted by molar-refractivity contribution is -0.345. The van der Waals surface area contributed by atoms with E-state index < -0.39 is 115 Å². The van der Waals surface area contributed by atoms with Crippen LogP contribution in [0.1, 0.15) is 117 Å². The molecule has 0 spiro atoms. The van der Waals surface area contributed by atoms with E-state index >= 15 is 4.79 Å². The molecule has 12 atom stereocenters. The summed E-state index contributed by atoms with van der Waals surface area (Å²) in [5.41, 5.74) is -4.47. The number of aliphatic hydroxyl groups is 1. The first kappa shape index (κ1) is 50.5. The molecule has 15 heteroatoms. The van der Waals surface area contributed by atoms with Gasteiger partial charge in [0, 0.05) is 24.2 Å². The Morgan fingerprint density at radius 3 is 2.12 bits per heavy atom. The number of nitrogens with one attached hydrogen (secondary N) is 1. The van der Waals surface area contributed by atoms with Crippen molar-refractivity contribution in [3.63, 3.8) is 0 Å². The maximum Gasteiger partial charge on any atom is 0.408 e. The standard InChI is InChI=1S/C52H71NO13Si/c1-15-36-61-39-37-30(2)34(60-45(56)40(66-67(13,14)48(7,8)9)38(32-22-18-16-19-23-32)53-46(57)65-47(4,5)6)28-52(58,49(37,10)11)43(63-44(55)33-24-20-17-21-25-33)41-50(12,42(39)62-36)27-26-35-51(41,29-59-35)64-31(3)54/h15-25,34-36,38-43,58H,1,26-29H2,2-14H3,(H,53,57)/t34-,35+,36+,38-,39+,40+,41-,42+,43-,50+,51-,52+/m0/s1. The van der Waals surface area contributed by atoms with Gasteiger partial charge in [0.25, 0.3) is 0 Å². The molecule has 0 unspecified atom stereocenters. The topological polar surface area (TPSA) is 174 Å². The molecule has 2 aromatic rings. The van der Waals surface area contributed by atoms with Crippen molar-refractivity contribution in [3.05, 3.63) is 95.6 Å². The fourth-order valence-corrected chi connectivity index (χ4v) is 12.4. The van der Waals surface area contributed by atoms with E-state index in [-0.39, 0.29) is 23.6 Å². The van der Waals surface area contributed by atoms with Gasteiger partial charge in [-0.25, -0.2) is 14.4 Å². The number of fused-ring (bicyclic) bond motifs is 8. The van der Waals surface area contributed by atoms with Gasteiger partial charge >= 0.3 is 24.0 Å². The average Bonchev–Trinajstić information content (AvgIpc) is 3.66. The molecule has 5 aliphatic rings. The molecule has 1 amide bonds. The maximum absolute atomic E-state index is 15.5. The number of ether oxygens (including phenoxy) is 7. The van der Waals surface area contributed by atoms with E-state index in [4.69, 9.17) is 37.6 Å². The third-order valence-corrected chi connectivity index (χ3v) is 20.0. The fraction of sp³-hybridized carbons (Fsp3) is 0.615. The zero-order chi connectivity index (χ0) is 49.3. The molecule has 2 aromatic carbocycles. The molecule has 67 heavy (non-hydrogen) atoms. The quantitative estimate of drug-likeness (QED) is 0.0949. The largest absolute Gasteiger partial charge is 0.456 e. The van der Waals surface area contributed by atoms with Crippen molar-refractivity contribution in [1.29, 1.82) is 0 Å². The first-order valence-corrected chi connectivity index (χ1v) is 26.4. The summed E-state index contributed by atoms with van der Waals surface area (Å²) in [6.07, 6.45) is -5.52. The maximum atomic E-state index is 15.5. The van der Waals surface area contributed by atoms with Crippen LogP contribution < -0.4 is 5.32 Å². The van der Waals surface area contributed by atoms with E-state index in [1.807, 2.05) is 79.8 Å². The van der Waals surface area contributed by atoms with E-state index in [0.29, 0.717) is 29.6 Å². The Kier molecular flexibility index (Phi) is 13.5. The number of carbonyl (C=O) groups excluding carboxylic acids is 4. The van der Waals surface area contributed by atoms with Crippen LogP contribution in [-0.4, -0.2) is 104 Å². The van der Waals surface area contributed by atoms with Crippen molar-refractivity contribution in [2.75, 3.05) is 6.61 Å². The Morgan fingerprint density at radius 2 is 1.57 bits per heavy atom. The highest BCUT2D eigenvalue weighted by atomic mass is 28.4. The summed E-state index contributed by atoms with van der Waals surface area (Å²) in [6.45, 7) is 28.4. The molecule has 2 saturated carbocycles. The normalized spacial score (nSPS) is 33.1. The molecule has 7 rings (SSSR count). The molecular formula is C52H71NO13Si. The summed E-state index contributed by atoms with van der Waals surface area (Å²) in [7, 11) is -2.84. The third-order valence-electron chi connectivity index (χ3n) is 15.6. The zero-order valence-electron chi connectivity index (χ0n) is 41.4. The average molecular weight is 946 g/mol. The highest BCUT2D eigenvalue weighted by molar-refractivity contribution is 6.74. The highest BCUT2D eigenvalue weighted by Gasteiger charge is 2.77. The van der Waals surface area contributed by atoms with Gasteiger partial charge in [0.2, 0.25) is 0 Å². The highest BCUT2D eigenvalue weighted by Crippen LogP contribution is 2.67. The van der Waals surface area contributed by atoms with Crippen molar-refractivity contribution in [1.82, 2.24) is 5.32 Å². The Hall–Kier alpha value is -4.38. The lowest BCUT2D eigenvalue weighted by atomic mass is 9.45. The molecule has 3 aliphatic carbocycles. The molecule has 2 aliphatic heterocycles. The van der Waals surface area contributed by atoms with Crippen LogP contribution in [0.5, 0.6) is 0 Å². The molecule has 14 nitrogen and oxygen atoms in total. The minimum absolute atomic E-state index is 0.0192. The van der Waals surface area contributed by atoms with Crippen LogP contribution in [0, 0.1) is 16.7 Å². The van der Waals surface area contributed by atoms with E-state index in [1.54, 1.807) is 69.3 Å². The number of esters is 3. The smallest absolute Gasteiger partial charge is 0.408 e. The van der Waals surface area contributed by atoms with Gasteiger partial charge in [0.1, 0.15) is 35.6 Å². The van der Waals surface area contributed by atoms with Gasteiger partial charge in [-0.2, -0.15) is 0 Å². The fourth-order valence-electron chi connectivity index (χ4n) is 11.1. The molecule has 2 saturated heterocycles. The monoisotopic (exact) mass is 945 g/mol. The number of carbonyl (C=O) groups is 4. The molecule has 0 radical (unpaired) electrons. The van der Waals surface area contributed by atoms with Crippen molar-refractivity contribution < 1.29 is 61.9 Å². The Balaban J connectivity index is 1.42.